The van der Waals surface area contributed by atoms with E-state index < -0.39 is 5.76 Å². The number of aromatic nitrogens is 2. The van der Waals surface area contributed by atoms with E-state index in [1.807, 2.05) is 6.92 Å². The Morgan fingerprint density at radius 2 is 2.20 bits per heavy atom. The number of para-hydroxylation sites is 2. The first-order chi connectivity index (χ1) is 9.61. The number of imidazole rings is 1. The summed E-state index contributed by atoms with van der Waals surface area (Å²) >= 11 is 0.355. The van der Waals surface area contributed by atoms with Crippen molar-refractivity contribution >= 4 is 28.7 Å². The van der Waals surface area contributed by atoms with E-state index in [0.29, 0.717) is 29.3 Å². The Bertz CT molecular complexity index is 600. The molecule has 0 radical (unpaired) electrons. The van der Waals surface area contributed by atoms with Crippen molar-refractivity contribution in [1.29, 1.82) is 0 Å². The van der Waals surface area contributed by atoms with E-state index in [0.717, 1.165) is 6.42 Å². The highest BCUT2D eigenvalue weighted by Crippen LogP contribution is 2.28. The largest absolute Gasteiger partial charge is 0.355 e. The van der Waals surface area contributed by atoms with Gasteiger partial charge in [0.2, 0.25) is 5.91 Å². The summed E-state index contributed by atoms with van der Waals surface area (Å²) < 4.78 is 26.7. The number of fused-ring (bicyclic) bond motifs is 1. The first kappa shape index (κ1) is 14.8. The number of carbonyl (C=O) groups excluding carboxylic acids is 1. The molecule has 0 aliphatic heterocycles. The summed E-state index contributed by atoms with van der Waals surface area (Å²) in [5.41, 5.74) is 1.29. The molecule has 4 nitrogen and oxygen atoms in total. The first-order valence-electron chi connectivity index (χ1n) is 6.28. The van der Waals surface area contributed by atoms with E-state index in [4.69, 9.17) is 0 Å². The third-order valence-corrected chi connectivity index (χ3v) is 3.39. The van der Waals surface area contributed by atoms with Crippen molar-refractivity contribution in [2.24, 2.45) is 0 Å². The summed E-state index contributed by atoms with van der Waals surface area (Å²) in [6.07, 6.45) is 0.828. The Kier molecular flexibility index (Phi) is 4.94. The van der Waals surface area contributed by atoms with Gasteiger partial charge in [-0.2, -0.15) is 8.78 Å². The second kappa shape index (κ2) is 6.69. The molecule has 0 spiro atoms. The third kappa shape index (κ3) is 3.47. The van der Waals surface area contributed by atoms with Gasteiger partial charge in [-0.05, 0) is 30.3 Å². The summed E-state index contributed by atoms with van der Waals surface area (Å²) in [7, 11) is 0. The molecule has 0 aliphatic carbocycles. The van der Waals surface area contributed by atoms with E-state index in [9.17, 15) is 13.6 Å². The van der Waals surface area contributed by atoms with Crippen molar-refractivity contribution in [2.45, 2.75) is 30.8 Å². The predicted octanol–water partition coefficient (Wildman–Crippen LogP) is 2.88. The van der Waals surface area contributed by atoms with Crippen LogP contribution in [0.15, 0.2) is 29.4 Å². The predicted molar refractivity (Wildman–Crippen MR) is 74.9 cm³/mol. The fraction of sp³-hybridized carbons (Fsp3) is 0.385. The van der Waals surface area contributed by atoms with Crippen LogP contribution in [0.2, 0.25) is 0 Å². The Balaban J connectivity index is 2.30. The average Bonchev–Trinajstić information content (AvgIpc) is 2.74. The molecule has 0 saturated heterocycles. The molecule has 0 fully saturated rings. The van der Waals surface area contributed by atoms with Gasteiger partial charge in [0.1, 0.15) is 6.54 Å². The van der Waals surface area contributed by atoms with Crippen LogP contribution in [-0.2, 0) is 11.3 Å². The van der Waals surface area contributed by atoms with Crippen molar-refractivity contribution in [3.8, 4) is 0 Å². The maximum atomic E-state index is 12.6. The lowest BCUT2D eigenvalue weighted by molar-refractivity contribution is -0.121. The van der Waals surface area contributed by atoms with Crippen LogP contribution in [0.25, 0.3) is 11.0 Å². The molecule has 1 heterocycles. The fourth-order valence-corrected chi connectivity index (χ4v) is 2.44. The number of benzene rings is 1. The SMILES string of the molecule is CCCNC(=O)Cn1c(SC(F)F)nc2ccccc21. The topological polar surface area (TPSA) is 46.9 Å². The number of hydrogen-bond acceptors (Lipinski definition) is 3. The Hall–Kier alpha value is -1.63. The lowest BCUT2D eigenvalue weighted by atomic mass is 10.3. The fourth-order valence-electron chi connectivity index (χ4n) is 1.84. The van der Waals surface area contributed by atoms with Crippen LogP contribution in [0.1, 0.15) is 13.3 Å². The highest BCUT2D eigenvalue weighted by Gasteiger charge is 2.17. The highest BCUT2D eigenvalue weighted by atomic mass is 32.2. The zero-order valence-electron chi connectivity index (χ0n) is 11.0. The molecule has 1 N–H and O–H groups in total. The van der Waals surface area contributed by atoms with Gasteiger partial charge in [-0.25, -0.2) is 4.98 Å². The molecule has 20 heavy (non-hydrogen) atoms. The highest BCUT2D eigenvalue weighted by molar-refractivity contribution is 7.99. The molecule has 2 rings (SSSR count). The maximum Gasteiger partial charge on any atom is 0.291 e. The number of halogens is 2. The quantitative estimate of drug-likeness (QED) is 0.834. The number of rotatable bonds is 6. The van der Waals surface area contributed by atoms with E-state index in [-0.39, 0.29) is 17.6 Å². The molecule has 1 aromatic carbocycles. The minimum atomic E-state index is -2.57. The molecule has 1 aromatic heterocycles. The molecule has 7 heteroatoms. The van der Waals surface area contributed by atoms with Crippen LogP contribution in [0.5, 0.6) is 0 Å². The van der Waals surface area contributed by atoms with E-state index in [1.54, 1.807) is 24.3 Å². The zero-order valence-corrected chi connectivity index (χ0v) is 11.8. The number of hydrogen-bond donors (Lipinski definition) is 1. The number of thioether (sulfide) groups is 1. The second-order valence-electron chi connectivity index (χ2n) is 4.20. The average molecular weight is 299 g/mol. The summed E-state index contributed by atoms with van der Waals surface area (Å²) in [5, 5.41) is 2.89. The second-order valence-corrected chi connectivity index (χ2v) is 5.15. The van der Waals surface area contributed by atoms with Gasteiger partial charge in [0.05, 0.1) is 11.0 Å². The maximum absolute atomic E-state index is 12.6. The lowest BCUT2D eigenvalue weighted by Gasteiger charge is -2.08. The molecule has 0 atom stereocenters. The monoisotopic (exact) mass is 299 g/mol. The number of amides is 1. The summed E-state index contributed by atoms with van der Waals surface area (Å²) in [5.74, 6) is -2.77. The number of nitrogens with one attached hydrogen (secondary N) is 1. The van der Waals surface area contributed by atoms with Gasteiger partial charge in [0.15, 0.2) is 5.16 Å². The lowest BCUT2D eigenvalue weighted by Crippen LogP contribution is -2.28. The van der Waals surface area contributed by atoms with E-state index in [2.05, 4.69) is 10.3 Å². The minimum Gasteiger partial charge on any atom is -0.355 e. The van der Waals surface area contributed by atoms with E-state index in [1.165, 1.54) is 4.57 Å². The molecule has 1 amide bonds. The van der Waals surface area contributed by atoms with E-state index >= 15 is 0 Å². The van der Waals surface area contributed by atoms with Crippen molar-refractivity contribution in [3.63, 3.8) is 0 Å². The Morgan fingerprint density at radius 1 is 1.45 bits per heavy atom. The van der Waals surface area contributed by atoms with Gasteiger partial charge in [0.25, 0.3) is 5.76 Å². The Morgan fingerprint density at radius 3 is 2.90 bits per heavy atom. The van der Waals surface area contributed by atoms with Crippen molar-refractivity contribution in [2.75, 3.05) is 6.54 Å². The molecule has 0 unspecified atom stereocenters. The number of alkyl halides is 2. The molecular weight excluding hydrogens is 284 g/mol. The van der Waals surface area contributed by atoms with Crippen molar-refractivity contribution in [3.05, 3.63) is 24.3 Å². The molecule has 0 saturated carbocycles. The Labute approximate surface area is 119 Å². The van der Waals surface area contributed by atoms with Crippen LogP contribution in [0, 0.1) is 0 Å². The van der Waals surface area contributed by atoms with Crippen LogP contribution in [0.4, 0.5) is 8.78 Å². The van der Waals surface area contributed by atoms with Gasteiger partial charge in [0, 0.05) is 6.54 Å². The number of nitrogens with zero attached hydrogens (tertiary/aromatic N) is 2. The van der Waals surface area contributed by atoms with Crippen LogP contribution in [0.3, 0.4) is 0 Å². The summed E-state index contributed by atoms with van der Waals surface area (Å²) in [4.78, 5) is 15.9. The summed E-state index contributed by atoms with van der Waals surface area (Å²) in [6.45, 7) is 2.52. The first-order valence-corrected chi connectivity index (χ1v) is 7.16. The smallest absolute Gasteiger partial charge is 0.291 e. The van der Waals surface area contributed by atoms with Crippen LogP contribution >= 0.6 is 11.8 Å². The van der Waals surface area contributed by atoms with Crippen molar-refractivity contribution < 1.29 is 13.6 Å². The van der Waals surface area contributed by atoms with Crippen molar-refractivity contribution in [1.82, 2.24) is 14.9 Å². The van der Waals surface area contributed by atoms with Gasteiger partial charge < -0.3 is 9.88 Å². The number of carbonyl (C=O) groups is 1. The molecule has 0 aliphatic rings. The standard InChI is InChI=1S/C13H15F2N3OS/c1-2-7-16-11(19)8-18-10-6-4-3-5-9(10)17-13(18)20-12(14)15/h3-6,12H,2,7-8H2,1H3,(H,16,19). The van der Waals surface area contributed by atoms with Gasteiger partial charge in [-0.1, -0.05) is 19.1 Å². The molecule has 2 aromatic rings. The zero-order chi connectivity index (χ0) is 14.5. The van der Waals surface area contributed by atoms with Crippen LogP contribution in [-0.4, -0.2) is 27.8 Å². The van der Waals surface area contributed by atoms with Gasteiger partial charge >= 0.3 is 0 Å². The normalized spacial score (nSPS) is 11.2. The summed E-state index contributed by atoms with van der Waals surface area (Å²) in [6, 6.07) is 7.09. The molecule has 0 bridgehead atoms. The minimum absolute atomic E-state index is 0.00440. The van der Waals surface area contributed by atoms with Gasteiger partial charge in [-0.3, -0.25) is 4.79 Å². The molecular formula is C13H15F2N3OS. The van der Waals surface area contributed by atoms with Gasteiger partial charge in [-0.15, -0.1) is 0 Å². The molecule has 108 valence electrons. The van der Waals surface area contributed by atoms with Crippen LogP contribution < -0.4 is 5.32 Å². The third-order valence-electron chi connectivity index (χ3n) is 2.69.